The number of hydrogen-bond donors (Lipinski definition) is 0. The monoisotopic (exact) mass is 375 g/mol. The average Bonchev–Trinajstić information content (AvgIpc) is 3.05. The van der Waals surface area contributed by atoms with Crippen LogP contribution in [0.2, 0.25) is 0 Å². The Labute approximate surface area is 157 Å². The predicted octanol–water partition coefficient (Wildman–Crippen LogP) is 3.99. The Hall–Kier alpha value is -3.25. The Balaban J connectivity index is 1.77. The lowest BCUT2D eigenvalue weighted by atomic mass is 10.2. The Morgan fingerprint density at radius 1 is 0.889 bits per heavy atom. The van der Waals surface area contributed by atoms with Crippen LogP contribution in [0, 0.1) is 0 Å². The average molecular weight is 375 g/mol. The molecular formula is C21H17N3O2S. The molecule has 27 heavy (non-hydrogen) atoms. The van der Waals surface area contributed by atoms with Gasteiger partial charge in [0.1, 0.15) is 11.6 Å². The summed E-state index contributed by atoms with van der Waals surface area (Å²) >= 11 is 0. The number of hydrogen-bond acceptors (Lipinski definition) is 4. The second kappa shape index (κ2) is 6.81. The van der Waals surface area contributed by atoms with Crippen LogP contribution >= 0.6 is 0 Å². The lowest BCUT2D eigenvalue weighted by Gasteiger charge is -2.05. The highest BCUT2D eigenvalue weighted by Gasteiger charge is 2.11. The van der Waals surface area contributed by atoms with E-state index >= 15 is 0 Å². The third-order valence-corrected chi connectivity index (χ3v) is 5.33. The quantitative estimate of drug-likeness (QED) is 0.541. The summed E-state index contributed by atoms with van der Waals surface area (Å²) in [7, 11) is -3.20. The third-order valence-electron chi connectivity index (χ3n) is 4.20. The number of para-hydroxylation sites is 2. The summed E-state index contributed by atoms with van der Waals surface area (Å²) in [5.41, 5.74) is 2.75. The molecule has 0 saturated heterocycles. The fourth-order valence-corrected chi connectivity index (χ4v) is 3.51. The number of nitrogens with zero attached hydrogens (tertiary/aromatic N) is 3. The second-order valence-corrected chi connectivity index (χ2v) is 8.17. The van der Waals surface area contributed by atoms with Gasteiger partial charge in [0, 0.05) is 12.5 Å². The molecule has 6 heteroatoms. The Kier molecular flexibility index (Phi) is 4.33. The number of pyridine rings is 1. The van der Waals surface area contributed by atoms with Gasteiger partial charge in [-0.05, 0) is 48.0 Å². The van der Waals surface area contributed by atoms with Crippen molar-refractivity contribution in [1.29, 1.82) is 0 Å². The highest BCUT2D eigenvalue weighted by atomic mass is 32.2. The van der Waals surface area contributed by atoms with E-state index in [4.69, 9.17) is 4.98 Å². The van der Waals surface area contributed by atoms with Crippen molar-refractivity contribution in [2.75, 3.05) is 6.26 Å². The molecule has 0 saturated carbocycles. The zero-order valence-corrected chi connectivity index (χ0v) is 15.5. The van der Waals surface area contributed by atoms with Crippen LogP contribution in [0.1, 0.15) is 11.4 Å². The van der Waals surface area contributed by atoms with Crippen LogP contribution in [-0.2, 0) is 9.84 Å². The first-order valence-corrected chi connectivity index (χ1v) is 10.3. The minimum Gasteiger partial charge on any atom is -0.277 e. The van der Waals surface area contributed by atoms with Gasteiger partial charge in [0.2, 0.25) is 0 Å². The first kappa shape index (κ1) is 17.2. The van der Waals surface area contributed by atoms with Crippen LogP contribution in [0.15, 0.2) is 77.8 Å². The van der Waals surface area contributed by atoms with Gasteiger partial charge in [0.15, 0.2) is 9.84 Å². The summed E-state index contributed by atoms with van der Waals surface area (Å²) < 4.78 is 25.2. The van der Waals surface area contributed by atoms with Crippen LogP contribution in [0.5, 0.6) is 0 Å². The number of sulfone groups is 1. The van der Waals surface area contributed by atoms with Crippen LogP contribution in [0.25, 0.3) is 29.0 Å². The van der Waals surface area contributed by atoms with E-state index in [1.807, 2.05) is 59.2 Å². The fraction of sp³-hybridized carbons (Fsp3) is 0.0476. The van der Waals surface area contributed by atoms with Crippen molar-refractivity contribution < 1.29 is 8.42 Å². The molecule has 0 N–H and O–H groups in total. The van der Waals surface area contributed by atoms with Crippen molar-refractivity contribution in [2.45, 2.75) is 4.90 Å². The third kappa shape index (κ3) is 3.52. The van der Waals surface area contributed by atoms with E-state index in [9.17, 15) is 8.42 Å². The van der Waals surface area contributed by atoms with Gasteiger partial charge >= 0.3 is 0 Å². The minimum absolute atomic E-state index is 0.306. The largest absolute Gasteiger partial charge is 0.277 e. The van der Waals surface area contributed by atoms with Gasteiger partial charge in [0.05, 0.1) is 15.9 Å². The molecule has 0 bridgehead atoms. The van der Waals surface area contributed by atoms with Gasteiger partial charge in [-0.1, -0.05) is 36.4 Å². The van der Waals surface area contributed by atoms with Crippen LogP contribution in [-0.4, -0.2) is 29.2 Å². The molecule has 4 rings (SSSR count). The van der Waals surface area contributed by atoms with Gasteiger partial charge in [-0.3, -0.25) is 4.57 Å². The topological polar surface area (TPSA) is 64.8 Å². The summed E-state index contributed by atoms with van der Waals surface area (Å²) in [6, 6.07) is 20.4. The molecule has 0 fully saturated rings. The van der Waals surface area contributed by atoms with Gasteiger partial charge in [-0.2, -0.15) is 0 Å². The van der Waals surface area contributed by atoms with E-state index in [1.165, 1.54) is 6.26 Å². The molecule has 0 atom stereocenters. The van der Waals surface area contributed by atoms with Gasteiger partial charge in [-0.15, -0.1) is 0 Å². The first-order chi connectivity index (χ1) is 13.0. The Bertz CT molecular complexity index is 1230. The maximum Gasteiger partial charge on any atom is 0.175 e. The summed E-state index contributed by atoms with van der Waals surface area (Å²) in [4.78, 5) is 9.46. The van der Waals surface area contributed by atoms with Crippen LogP contribution in [0.3, 0.4) is 0 Å². The summed E-state index contributed by atoms with van der Waals surface area (Å²) in [5, 5.41) is 0. The van der Waals surface area contributed by atoms with Crippen molar-refractivity contribution in [3.63, 3.8) is 0 Å². The molecule has 2 aromatic heterocycles. The van der Waals surface area contributed by atoms with Crippen molar-refractivity contribution in [3.05, 3.63) is 84.3 Å². The van der Waals surface area contributed by atoms with E-state index in [-0.39, 0.29) is 0 Å². The molecule has 0 radical (unpaired) electrons. The molecule has 5 nitrogen and oxygen atoms in total. The lowest BCUT2D eigenvalue weighted by molar-refractivity contribution is 0.602. The molecule has 0 spiro atoms. The SMILES string of the molecule is CS(=O)(=O)c1ccc(/C=C/c2nc3ccccc3n2-c2ccccn2)cc1. The molecule has 4 aromatic rings. The van der Waals surface area contributed by atoms with Crippen LogP contribution in [0.4, 0.5) is 0 Å². The smallest absolute Gasteiger partial charge is 0.175 e. The molecule has 0 unspecified atom stereocenters. The highest BCUT2D eigenvalue weighted by molar-refractivity contribution is 7.90. The zero-order chi connectivity index (χ0) is 18.9. The number of benzene rings is 2. The molecule has 0 aliphatic rings. The fourth-order valence-electron chi connectivity index (χ4n) is 2.88. The van der Waals surface area contributed by atoms with Gasteiger partial charge < -0.3 is 0 Å². The molecular weight excluding hydrogens is 358 g/mol. The maximum atomic E-state index is 11.6. The van der Waals surface area contributed by atoms with Crippen molar-refractivity contribution >= 4 is 33.0 Å². The number of fused-ring (bicyclic) bond motifs is 1. The predicted molar refractivity (Wildman–Crippen MR) is 107 cm³/mol. The van der Waals surface area contributed by atoms with Crippen molar-refractivity contribution in [2.24, 2.45) is 0 Å². The Morgan fingerprint density at radius 3 is 2.33 bits per heavy atom. The minimum atomic E-state index is -3.20. The van der Waals surface area contributed by atoms with E-state index < -0.39 is 9.84 Å². The molecule has 2 heterocycles. The van der Waals surface area contributed by atoms with Gasteiger partial charge in [-0.25, -0.2) is 18.4 Å². The molecule has 0 aliphatic carbocycles. The standard InChI is InChI=1S/C21H17N3O2S/c1-27(25,26)17-12-9-16(10-13-17)11-14-21-23-18-6-2-3-7-19(18)24(21)20-8-4-5-15-22-20/h2-15H,1H3/b14-11+. The normalized spacial score (nSPS) is 12.0. The highest BCUT2D eigenvalue weighted by Crippen LogP contribution is 2.22. The lowest BCUT2D eigenvalue weighted by Crippen LogP contribution is -1.99. The summed E-state index contributed by atoms with van der Waals surface area (Å²) in [6.45, 7) is 0. The second-order valence-electron chi connectivity index (χ2n) is 6.16. The number of imidazole rings is 1. The molecule has 134 valence electrons. The van der Waals surface area contributed by atoms with E-state index in [1.54, 1.807) is 30.5 Å². The Morgan fingerprint density at radius 2 is 1.63 bits per heavy atom. The molecule has 2 aromatic carbocycles. The van der Waals surface area contributed by atoms with Crippen molar-refractivity contribution in [1.82, 2.24) is 14.5 Å². The first-order valence-electron chi connectivity index (χ1n) is 8.39. The van der Waals surface area contributed by atoms with E-state index in [2.05, 4.69) is 4.98 Å². The van der Waals surface area contributed by atoms with Crippen molar-refractivity contribution in [3.8, 4) is 5.82 Å². The van der Waals surface area contributed by atoms with Crippen LogP contribution < -0.4 is 0 Å². The number of rotatable bonds is 4. The van der Waals surface area contributed by atoms with Gasteiger partial charge in [0.25, 0.3) is 0 Å². The van der Waals surface area contributed by atoms with E-state index in [0.29, 0.717) is 4.90 Å². The maximum absolute atomic E-state index is 11.6. The number of aromatic nitrogens is 3. The molecule has 0 aliphatic heterocycles. The molecule has 0 amide bonds. The zero-order valence-electron chi connectivity index (χ0n) is 14.6. The van der Waals surface area contributed by atoms with E-state index in [0.717, 1.165) is 28.2 Å². The summed E-state index contributed by atoms with van der Waals surface area (Å²) in [6.07, 6.45) is 6.77. The summed E-state index contributed by atoms with van der Waals surface area (Å²) in [5.74, 6) is 1.54.